The number of hydrogen-bond donors (Lipinski definition) is 1. The zero-order valence-corrected chi connectivity index (χ0v) is 13.6. The fourth-order valence-corrected chi connectivity index (χ4v) is 2.75. The number of carbonyl (C=O) groups is 1. The molecule has 1 saturated heterocycles. The standard InChI is InChI=1S/C17H21FN4O2/c1-13(11-22-8-2-7-19-22)20-17(23)21-9-10-24-16(12-21)14-3-5-15(18)6-4-14/h2-8,13,16H,9-12H2,1H3,(H,20,23). The molecule has 1 aromatic carbocycles. The van der Waals surface area contributed by atoms with Gasteiger partial charge in [-0.25, -0.2) is 9.18 Å². The van der Waals surface area contributed by atoms with Gasteiger partial charge in [-0.1, -0.05) is 12.1 Å². The maximum atomic E-state index is 13.0. The number of hydrogen-bond acceptors (Lipinski definition) is 3. The van der Waals surface area contributed by atoms with Crippen molar-refractivity contribution in [2.75, 3.05) is 19.7 Å². The minimum Gasteiger partial charge on any atom is -0.370 e. The number of morpholine rings is 1. The molecule has 2 amide bonds. The summed E-state index contributed by atoms with van der Waals surface area (Å²) in [5.41, 5.74) is 0.874. The quantitative estimate of drug-likeness (QED) is 0.934. The molecule has 0 aliphatic carbocycles. The summed E-state index contributed by atoms with van der Waals surface area (Å²) in [6, 6.07) is 7.90. The Labute approximate surface area is 140 Å². The number of nitrogens with zero attached hydrogens (tertiary/aromatic N) is 3. The average Bonchev–Trinajstić information content (AvgIpc) is 3.08. The van der Waals surface area contributed by atoms with Crippen LogP contribution in [0, 0.1) is 5.82 Å². The highest BCUT2D eigenvalue weighted by Gasteiger charge is 2.26. The molecule has 1 aliphatic rings. The van der Waals surface area contributed by atoms with E-state index in [4.69, 9.17) is 4.74 Å². The first-order valence-electron chi connectivity index (χ1n) is 8.02. The Kier molecular flexibility index (Phi) is 5.10. The number of rotatable bonds is 4. The maximum absolute atomic E-state index is 13.0. The summed E-state index contributed by atoms with van der Waals surface area (Å²) < 4.78 is 20.5. The van der Waals surface area contributed by atoms with Crippen molar-refractivity contribution in [2.45, 2.75) is 25.6 Å². The second-order valence-corrected chi connectivity index (χ2v) is 5.94. The van der Waals surface area contributed by atoms with Gasteiger partial charge in [0.2, 0.25) is 0 Å². The van der Waals surface area contributed by atoms with Gasteiger partial charge in [-0.15, -0.1) is 0 Å². The number of urea groups is 1. The molecule has 0 spiro atoms. The smallest absolute Gasteiger partial charge is 0.317 e. The van der Waals surface area contributed by atoms with Crippen molar-refractivity contribution < 1.29 is 13.9 Å². The molecule has 2 unspecified atom stereocenters. The van der Waals surface area contributed by atoms with Crippen molar-refractivity contribution in [3.05, 3.63) is 54.1 Å². The van der Waals surface area contributed by atoms with Crippen molar-refractivity contribution in [3.63, 3.8) is 0 Å². The zero-order chi connectivity index (χ0) is 16.9. The topological polar surface area (TPSA) is 59.4 Å². The highest BCUT2D eigenvalue weighted by atomic mass is 19.1. The van der Waals surface area contributed by atoms with Crippen LogP contribution in [0.15, 0.2) is 42.7 Å². The van der Waals surface area contributed by atoms with Crippen molar-refractivity contribution in [1.29, 1.82) is 0 Å². The van der Waals surface area contributed by atoms with E-state index < -0.39 is 0 Å². The number of halogens is 1. The van der Waals surface area contributed by atoms with E-state index in [0.29, 0.717) is 26.2 Å². The van der Waals surface area contributed by atoms with Crippen LogP contribution in [0.3, 0.4) is 0 Å². The van der Waals surface area contributed by atoms with Crippen molar-refractivity contribution >= 4 is 6.03 Å². The van der Waals surface area contributed by atoms with Crippen molar-refractivity contribution in [3.8, 4) is 0 Å². The molecule has 0 bridgehead atoms. The Morgan fingerprint density at radius 1 is 1.46 bits per heavy atom. The van der Waals surface area contributed by atoms with Crippen molar-refractivity contribution in [2.24, 2.45) is 0 Å². The van der Waals surface area contributed by atoms with Crippen LogP contribution < -0.4 is 5.32 Å². The lowest BCUT2D eigenvalue weighted by Gasteiger charge is -2.34. The maximum Gasteiger partial charge on any atom is 0.317 e. The molecular weight excluding hydrogens is 311 g/mol. The van der Waals surface area contributed by atoms with Gasteiger partial charge in [0.25, 0.3) is 0 Å². The van der Waals surface area contributed by atoms with E-state index in [1.165, 1.54) is 12.1 Å². The van der Waals surface area contributed by atoms with Crippen LogP contribution in [0.4, 0.5) is 9.18 Å². The fraction of sp³-hybridized carbons (Fsp3) is 0.412. The molecule has 1 aromatic heterocycles. The van der Waals surface area contributed by atoms with Crippen LogP contribution in [0.25, 0.3) is 0 Å². The zero-order valence-electron chi connectivity index (χ0n) is 13.6. The summed E-state index contributed by atoms with van der Waals surface area (Å²) in [7, 11) is 0. The Bertz CT molecular complexity index is 660. The Morgan fingerprint density at radius 2 is 2.25 bits per heavy atom. The van der Waals surface area contributed by atoms with Gasteiger partial charge in [-0.3, -0.25) is 4.68 Å². The van der Waals surface area contributed by atoms with Gasteiger partial charge in [0.15, 0.2) is 0 Å². The van der Waals surface area contributed by atoms with E-state index in [-0.39, 0.29) is 24.0 Å². The number of ether oxygens (including phenoxy) is 1. The highest BCUT2D eigenvalue weighted by molar-refractivity contribution is 5.74. The largest absolute Gasteiger partial charge is 0.370 e. The van der Waals surface area contributed by atoms with Crippen LogP contribution in [-0.4, -0.2) is 46.4 Å². The van der Waals surface area contributed by atoms with Crippen molar-refractivity contribution in [1.82, 2.24) is 20.0 Å². The van der Waals surface area contributed by atoms with Gasteiger partial charge in [0.1, 0.15) is 11.9 Å². The van der Waals surface area contributed by atoms with Gasteiger partial charge in [-0.2, -0.15) is 5.10 Å². The lowest BCUT2D eigenvalue weighted by molar-refractivity contribution is -0.0158. The highest BCUT2D eigenvalue weighted by Crippen LogP contribution is 2.22. The third-order valence-electron chi connectivity index (χ3n) is 3.99. The van der Waals surface area contributed by atoms with Gasteiger partial charge in [-0.05, 0) is 30.7 Å². The Balaban J connectivity index is 1.55. The van der Waals surface area contributed by atoms with Crippen LogP contribution in [-0.2, 0) is 11.3 Å². The van der Waals surface area contributed by atoms with Crippen LogP contribution in [0.1, 0.15) is 18.6 Å². The molecule has 2 aromatic rings. The Hall–Kier alpha value is -2.41. The number of aromatic nitrogens is 2. The molecular formula is C17H21FN4O2. The van der Waals surface area contributed by atoms with Gasteiger partial charge >= 0.3 is 6.03 Å². The predicted octanol–water partition coefficient (Wildman–Crippen LogP) is 2.19. The first kappa shape index (κ1) is 16.4. The summed E-state index contributed by atoms with van der Waals surface area (Å²) in [6.07, 6.45) is 3.35. The Morgan fingerprint density at radius 3 is 2.96 bits per heavy atom. The molecule has 0 saturated carbocycles. The summed E-state index contributed by atoms with van der Waals surface area (Å²) in [6.45, 7) is 4.01. The van der Waals surface area contributed by atoms with E-state index in [1.807, 2.05) is 19.2 Å². The third kappa shape index (κ3) is 4.11. The number of nitrogens with one attached hydrogen (secondary N) is 1. The molecule has 24 heavy (non-hydrogen) atoms. The summed E-state index contributed by atoms with van der Waals surface area (Å²) in [5.74, 6) is -0.281. The van der Waals surface area contributed by atoms with E-state index >= 15 is 0 Å². The SMILES string of the molecule is CC(Cn1cccn1)NC(=O)N1CCOC(c2ccc(F)cc2)C1. The minimum atomic E-state index is -0.281. The summed E-state index contributed by atoms with van der Waals surface area (Å²) in [4.78, 5) is 14.2. The second-order valence-electron chi connectivity index (χ2n) is 5.94. The van der Waals surface area contributed by atoms with Crippen LogP contribution in [0.2, 0.25) is 0 Å². The molecule has 2 atom stereocenters. The van der Waals surface area contributed by atoms with Gasteiger partial charge < -0.3 is 15.0 Å². The number of amides is 2. The van der Waals surface area contributed by atoms with Gasteiger partial charge in [0.05, 0.1) is 19.7 Å². The molecule has 2 heterocycles. The normalized spacial score (nSPS) is 19.1. The van der Waals surface area contributed by atoms with Gasteiger partial charge in [0, 0.05) is 25.0 Å². The van der Waals surface area contributed by atoms with E-state index in [9.17, 15) is 9.18 Å². The molecule has 6 nitrogen and oxygen atoms in total. The number of carbonyl (C=O) groups excluding carboxylic acids is 1. The molecule has 128 valence electrons. The molecule has 7 heteroatoms. The van der Waals surface area contributed by atoms with E-state index in [2.05, 4.69) is 10.4 Å². The first-order valence-corrected chi connectivity index (χ1v) is 8.02. The van der Waals surface area contributed by atoms with Crippen LogP contribution in [0.5, 0.6) is 0 Å². The third-order valence-corrected chi connectivity index (χ3v) is 3.99. The molecule has 0 radical (unpaired) electrons. The lowest BCUT2D eigenvalue weighted by Crippen LogP contribution is -2.50. The lowest BCUT2D eigenvalue weighted by atomic mass is 10.1. The summed E-state index contributed by atoms with van der Waals surface area (Å²) in [5, 5.41) is 7.12. The van der Waals surface area contributed by atoms with E-state index in [1.54, 1.807) is 27.9 Å². The fourth-order valence-electron chi connectivity index (χ4n) is 2.75. The average molecular weight is 332 g/mol. The molecule has 3 rings (SSSR count). The monoisotopic (exact) mass is 332 g/mol. The number of benzene rings is 1. The molecule has 1 fully saturated rings. The molecule has 1 aliphatic heterocycles. The second kappa shape index (κ2) is 7.44. The predicted molar refractivity (Wildman–Crippen MR) is 86.9 cm³/mol. The molecule has 1 N–H and O–H groups in total. The first-order chi connectivity index (χ1) is 11.6. The minimum absolute atomic E-state index is 0.0375. The van der Waals surface area contributed by atoms with Crippen LogP contribution >= 0.6 is 0 Å². The summed E-state index contributed by atoms with van der Waals surface area (Å²) >= 11 is 0. The van der Waals surface area contributed by atoms with E-state index in [0.717, 1.165) is 5.56 Å².